The summed E-state index contributed by atoms with van der Waals surface area (Å²) < 4.78 is 0. The zero-order valence-electron chi connectivity index (χ0n) is 9.22. The molecule has 4 heteroatoms. The van der Waals surface area contributed by atoms with Crippen LogP contribution in [0.3, 0.4) is 0 Å². The first-order chi connectivity index (χ1) is 7.02. The highest BCUT2D eigenvalue weighted by Crippen LogP contribution is 2.06. The van der Waals surface area contributed by atoms with Gasteiger partial charge in [-0.25, -0.2) is 0 Å². The van der Waals surface area contributed by atoms with Crippen LogP contribution < -0.4 is 5.19 Å². The Balaban J connectivity index is 2.71. The van der Waals surface area contributed by atoms with Gasteiger partial charge in [-0.2, -0.15) is 0 Å². The summed E-state index contributed by atoms with van der Waals surface area (Å²) in [6.07, 6.45) is 2.17. The summed E-state index contributed by atoms with van der Waals surface area (Å²) in [6.45, 7) is 4.48. The van der Waals surface area contributed by atoms with Crippen molar-refractivity contribution in [3.63, 3.8) is 0 Å². The summed E-state index contributed by atoms with van der Waals surface area (Å²) in [7, 11) is -2.78. The van der Waals surface area contributed by atoms with Gasteiger partial charge >= 0.3 is 7.12 Å². The van der Waals surface area contributed by atoms with Crippen molar-refractivity contribution in [3.8, 4) is 0 Å². The molecule has 0 atom stereocenters. The van der Waals surface area contributed by atoms with Crippen molar-refractivity contribution in [2.24, 2.45) is 0 Å². The van der Waals surface area contributed by atoms with Gasteiger partial charge in [-0.05, 0) is 6.32 Å². The minimum atomic E-state index is -1.55. The maximum absolute atomic E-state index is 8.74. The summed E-state index contributed by atoms with van der Waals surface area (Å²) >= 11 is 0. The third-order valence-electron chi connectivity index (χ3n) is 2.40. The molecule has 0 aliphatic heterocycles. The average molecular weight is 220 g/mol. The SMILES string of the molecule is C[Si](C)(C=CCB(O)O)c1ccccc1. The summed E-state index contributed by atoms with van der Waals surface area (Å²) in [6, 6.07) is 10.4. The van der Waals surface area contributed by atoms with E-state index in [9.17, 15) is 0 Å². The fraction of sp³-hybridized carbons (Fsp3) is 0.273. The quantitative estimate of drug-likeness (QED) is 0.748. The highest BCUT2D eigenvalue weighted by Gasteiger charge is 2.19. The lowest BCUT2D eigenvalue weighted by atomic mass is 9.87. The second-order valence-electron chi connectivity index (χ2n) is 4.21. The molecule has 0 aromatic heterocycles. The van der Waals surface area contributed by atoms with Gasteiger partial charge in [0.25, 0.3) is 0 Å². The molecule has 0 heterocycles. The lowest BCUT2D eigenvalue weighted by molar-refractivity contribution is 0.411. The van der Waals surface area contributed by atoms with Crippen molar-refractivity contribution in [2.45, 2.75) is 19.4 Å². The van der Waals surface area contributed by atoms with Crippen molar-refractivity contribution < 1.29 is 10.0 Å². The van der Waals surface area contributed by atoms with Gasteiger partial charge in [0.1, 0.15) is 8.07 Å². The van der Waals surface area contributed by atoms with E-state index in [-0.39, 0.29) is 0 Å². The molecule has 1 aromatic carbocycles. The number of benzene rings is 1. The van der Waals surface area contributed by atoms with E-state index in [0.717, 1.165) is 0 Å². The summed E-state index contributed by atoms with van der Waals surface area (Å²) in [5.74, 6) is 0. The van der Waals surface area contributed by atoms with Gasteiger partial charge in [-0.1, -0.05) is 60.4 Å². The molecule has 15 heavy (non-hydrogen) atoms. The van der Waals surface area contributed by atoms with Gasteiger partial charge in [0.2, 0.25) is 0 Å². The van der Waals surface area contributed by atoms with Crippen LogP contribution in [0.5, 0.6) is 0 Å². The Morgan fingerprint density at radius 2 is 1.80 bits per heavy atom. The van der Waals surface area contributed by atoms with Crippen LogP contribution in [0.1, 0.15) is 0 Å². The lowest BCUT2D eigenvalue weighted by Crippen LogP contribution is -2.39. The Morgan fingerprint density at radius 3 is 2.33 bits per heavy atom. The molecule has 1 aromatic rings. The Morgan fingerprint density at radius 1 is 1.20 bits per heavy atom. The lowest BCUT2D eigenvalue weighted by Gasteiger charge is -2.18. The highest BCUT2D eigenvalue weighted by molar-refractivity contribution is 6.93. The standard InChI is InChI=1S/C11H17BO2Si/c1-15(2,10-6-9-12(13)14)11-7-4-3-5-8-11/h3-8,10,13-14H,9H2,1-2H3. The van der Waals surface area contributed by atoms with E-state index in [1.807, 2.05) is 24.3 Å². The molecule has 80 valence electrons. The Labute approximate surface area is 92.4 Å². The summed E-state index contributed by atoms with van der Waals surface area (Å²) in [5, 5.41) is 18.8. The molecule has 0 unspecified atom stereocenters. The molecule has 0 saturated heterocycles. The first-order valence-electron chi connectivity index (χ1n) is 5.12. The van der Waals surface area contributed by atoms with E-state index < -0.39 is 15.2 Å². The van der Waals surface area contributed by atoms with Gasteiger partial charge < -0.3 is 10.0 Å². The van der Waals surface area contributed by atoms with Crippen molar-refractivity contribution in [2.75, 3.05) is 0 Å². The smallest absolute Gasteiger partial charge is 0.427 e. The molecule has 0 aliphatic rings. The van der Waals surface area contributed by atoms with Crippen LogP contribution in [0.2, 0.25) is 19.4 Å². The number of hydrogen-bond donors (Lipinski definition) is 2. The van der Waals surface area contributed by atoms with Crippen LogP contribution in [-0.2, 0) is 0 Å². The molecule has 0 bridgehead atoms. The monoisotopic (exact) mass is 220 g/mol. The van der Waals surface area contributed by atoms with Gasteiger partial charge in [-0.3, -0.25) is 0 Å². The second kappa shape index (κ2) is 5.30. The Kier molecular flexibility index (Phi) is 4.32. The number of hydrogen-bond acceptors (Lipinski definition) is 2. The molecule has 0 saturated carbocycles. The van der Waals surface area contributed by atoms with Crippen LogP contribution >= 0.6 is 0 Å². The summed E-state index contributed by atoms with van der Waals surface area (Å²) in [4.78, 5) is 0. The average Bonchev–Trinajstić information content (AvgIpc) is 2.18. The normalized spacial score (nSPS) is 12.0. The van der Waals surface area contributed by atoms with Gasteiger partial charge in [0.15, 0.2) is 0 Å². The van der Waals surface area contributed by atoms with Crippen LogP contribution in [-0.4, -0.2) is 25.2 Å². The van der Waals surface area contributed by atoms with Gasteiger partial charge in [0.05, 0.1) is 0 Å². The fourth-order valence-electron chi connectivity index (χ4n) is 1.45. The molecule has 0 radical (unpaired) electrons. The molecule has 2 nitrogen and oxygen atoms in total. The molecule has 1 rings (SSSR count). The molecule has 0 fully saturated rings. The first kappa shape index (κ1) is 12.2. The van der Waals surface area contributed by atoms with Crippen molar-refractivity contribution >= 4 is 20.4 Å². The number of allylic oxidation sites excluding steroid dienone is 1. The molecular weight excluding hydrogens is 203 g/mol. The number of rotatable bonds is 4. The third-order valence-corrected chi connectivity index (χ3v) is 5.29. The minimum absolute atomic E-state index is 0.309. The van der Waals surface area contributed by atoms with Crippen molar-refractivity contribution in [3.05, 3.63) is 42.1 Å². The van der Waals surface area contributed by atoms with Crippen LogP contribution in [0.25, 0.3) is 0 Å². The van der Waals surface area contributed by atoms with Crippen LogP contribution in [0.4, 0.5) is 0 Å². The molecule has 0 aliphatic carbocycles. The van der Waals surface area contributed by atoms with Crippen LogP contribution in [0, 0.1) is 0 Å². The predicted octanol–water partition coefficient (Wildman–Crippen LogP) is 1.17. The van der Waals surface area contributed by atoms with Crippen molar-refractivity contribution in [1.29, 1.82) is 0 Å². The minimum Gasteiger partial charge on any atom is -0.427 e. The van der Waals surface area contributed by atoms with E-state index >= 15 is 0 Å². The van der Waals surface area contributed by atoms with Crippen LogP contribution in [0.15, 0.2) is 42.1 Å². The molecule has 0 spiro atoms. The topological polar surface area (TPSA) is 40.5 Å². The summed E-state index contributed by atoms with van der Waals surface area (Å²) in [5.41, 5.74) is 2.14. The van der Waals surface area contributed by atoms with Gasteiger partial charge in [-0.15, -0.1) is 0 Å². The van der Waals surface area contributed by atoms with Gasteiger partial charge in [0, 0.05) is 0 Å². The predicted molar refractivity (Wildman–Crippen MR) is 67.7 cm³/mol. The third kappa shape index (κ3) is 4.03. The molecule has 0 amide bonds. The van der Waals surface area contributed by atoms with E-state index in [1.54, 1.807) is 0 Å². The Bertz CT molecular complexity index is 323. The van der Waals surface area contributed by atoms with E-state index in [4.69, 9.17) is 10.0 Å². The largest absolute Gasteiger partial charge is 0.455 e. The molecule has 2 N–H and O–H groups in total. The molecular formula is C11H17BO2Si. The second-order valence-corrected chi connectivity index (χ2v) is 8.56. The van der Waals surface area contributed by atoms with Crippen molar-refractivity contribution in [1.82, 2.24) is 0 Å². The Hall–Kier alpha value is -0.838. The first-order valence-corrected chi connectivity index (χ1v) is 8.19. The van der Waals surface area contributed by atoms with E-state index in [0.29, 0.717) is 6.32 Å². The highest BCUT2D eigenvalue weighted by atomic mass is 28.3. The zero-order chi connectivity index (χ0) is 11.3. The fourth-order valence-corrected chi connectivity index (χ4v) is 3.42. The maximum atomic E-state index is 8.74. The zero-order valence-corrected chi connectivity index (χ0v) is 10.2. The van der Waals surface area contributed by atoms with E-state index in [1.165, 1.54) is 5.19 Å². The maximum Gasteiger partial charge on any atom is 0.455 e. The van der Waals surface area contributed by atoms with E-state index in [2.05, 4.69) is 30.9 Å².